The van der Waals surface area contributed by atoms with Crippen LogP contribution in [0.15, 0.2) is 11.8 Å². The zero-order chi connectivity index (χ0) is 12.3. The van der Waals surface area contributed by atoms with Crippen molar-refractivity contribution in [2.24, 2.45) is 23.2 Å². The zero-order valence-corrected chi connectivity index (χ0v) is 11.4. The lowest BCUT2D eigenvalue weighted by Crippen LogP contribution is -2.47. The molecule has 2 nitrogen and oxygen atoms in total. The molecule has 1 N–H and O–H groups in total. The molecule has 1 saturated carbocycles. The second kappa shape index (κ2) is 3.75. The first kappa shape index (κ1) is 11.3. The maximum absolute atomic E-state index is 10.5. The Balaban J connectivity index is 1.88. The van der Waals surface area contributed by atoms with Crippen molar-refractivity contribution in [1.29, 1.82) is 0 Å². The van der Waals surface area contributed by atoms with E-state index in [9.17, 15) is 5.11 Å². The third-order valence-corrected chi connectivity index (χ3v) is 6.26. The molecule has 3 fully saturated rings. The van der Waals surface area contributed by atoms with Gasteiger partial charge >= 0.3 is 0 Å². The summed E-state index contributed by atoms with van der Waals surface area (Å²) in [7, 11) is 0. The van der Waals surface area contributed by atoms with Crippen molar-refractivity contribution in [1.82, 2.24) is 4.90 Å². The van der Waals surface area contributed by atoms with Crippen LogP contribution < -0.4 is 0 Å². The third kappa shape index (κ3) is 1.28. The third-order valence-electron chi connectivity index (χ3n) is 6.26. The Kier molecular flexibility index (Phi) is 2.36. The van der Waals surface area contributed by atoms with Crippen molar-refractivity contribution in [3.8, 4) is 0 Å². The fraction of sp³-hybridized carbons (Fsp3) is 0.875. The quantitative estimate of drug-likeness (QED) is 0.711. The minimum atomic E-state index is -0.0262. The highest BCUT2D eigenvalue weighted by atomic mass is 16.3. The van der Waals surface area contributed by atoms with Gasteiger partial charge in [-0.2, -0.15) is 0 Å². The van der Waals surface area contributed by atoms with Crippen LogP contribution in [0.2, 0.25) is 0 Å². The van der Waals surface area contributed by atoms with Crippen LogP contribution in [-0.4, -0.2) is 29.2 Å². The van der Waals surface area contributed by atoms with Crippen LogP contribution in [0.3, 0.4) is 0 Å². The first-order chi connectivity index (χ1) is 8.72. The van der Waals surface area contributed by atoms with Crippen molar-refractivity contribution in [2.45, 2.75) is 51.6 Å². The molecule has 2 heteroatoms. The SMILES string of the molecule is CC1C=C2N3CCCC4C(O)CC(C1)C24CCC3. The van der Waals surface area contributed by atoms with Crippen molar-refractivity contribution >= 4 is 0 Å². The van der Waals surface area contributed by atoms with Gasteiger partial charge in [0.15, 0.2) is 0 Å². The Morgan fingerprint density at radius 2 is 2.11 bits per heavy atom. The molecule has 0 aromatic heterocycles. The van der Waals surface area contributed by atoms with E-state index in [0.717, 1.165) is 12.3 Å². The lowest BCUT2D eigenvalue weighted by atomic mass is 9.59. The van der Waals surface area contributed by atoms with E-state index >= 15 is 0 Å². The van der Waals surface area contributed by atoms with Crippen LogP contribution in [0.1, 0.15) is 45.4 Å². The maximum atomic E-state index is 10.5. The number of piperidine rings is 1. The summed E-state index contributed by atoms with van der Waals surface area (Å²) in [4.78, 5) is 2.67. The Hall–Kier alpha value is -0.500. The van der Waals surface area contributed by atoms with Gasteiger partial charge in [0, 0.05) is 24.2 Å². The average molecular weight is 247 g/mol. The first-order valence-corrected chi connectivity index (χ1v) is 7.87. The van der Waals surface area contributed by atoms with E-state index in [4.69, 9.17) is 0 Å². The Morgan fingerprint density at radius 3 is 3.00 bits per heavy atom. The highest BCUT2D eigenvalue weighted by molar-refractivity contribution is 5.28. The van der Waals surface area contributed by atoms with Crippen molar-refractivity contribution < 1.29 is 5.11 Å². The molecule has 0 amide bonds. The summed E-state index contributed by atoms with van der Waals surface area (Å²) in [5.74, 6) is 2.03. The van der Waals surface area contributed by atoms with Gasteiger partial charge in [-0.1, -0.05) is 13.0 Å². The lowest BCUT2D eigenvalue weighted by Gasteiger charge is -2.52. The van der Waals surface area contributed by atoms with E-state index in [2.05, 4.69) is 17.9 Å². The zero-order valence-electron chi connectivity index (χ0n) is 11.4. The van der Waals surface area contributed by atoms with Gasteiger partial charge in [-0.25, -0.2) is 0 Å². The van der Waals surface area contributed by atoms with Gasteiger partial charge in [-0.3, -0.25) is 0 Å². The number of aliphatic hydroxyl groups excluding tert-OH is 1. The molecule has 5 atom stereocenters. The molecular formula is C16H25NO. The average Bonchev–Trinajstić information content (AvgIpc) is 2.55. The van der Waals surface area contributed by atoms with E-state index in [0.29, 0.717) is 17.3 Å². The summed E-state index contributed by atoms with van der Waals surface area (Å²) < 4.78 is 0. The molecule has 100 valence electrons. The van der Waals surface area contributed by atoms with E-state index in [1.807, 2.05) is 0 Å². The predicted octanol–water partition coefficient (Wildman–Crippen LogP) is 2.78. The van der Waals surface area contributed by atoms with E-state index in [-0.39, 0.29) is 6.10 Å². The molecular weight excluding hydrogens is 222 g/mol. The summed E-state index contributed by atoms with van der Waals surface area (Å²) in [6.45, 7) is 4.85. The van der Waals surface area contributed by atoms with E-state index in [1.165, 1.54) is 45.2 Å². The van der Waals surface area contributed by atoms with Crippen LogP contribution in [0.5, 0.6) is 0 Å². The molecule has 18 heavy (non-hydrogen) atoms. The molecule has 2 aliphatic carbocycles. The molecule has 0 aromatic rings. The normalized spacial score (nSPS) is 50.6. The van der Waals surface area contributed by atoms with Crippen molar-refractivity contribution in [2.75, 3.05) is 13.1 Å². The van der Waals surface area contributed by atoms with Gasteiger partial charge in [-0.05, 0) is 56.3 Å². The Morgan fingerprint density at radius 1 is 1.28 bits per heavy atom. The molecule has 2 heterocycles. The Labute approximate surface area is 110 Å². The molecule has 4 aliphatic rings. The van der Waals surface area contributed by atoms with Gasteiger partial charge in [-0.15, -0.1) is 0 Å². The molecule has 2 bridgehead atoms. The van der Waals surface area contributed by atoms with E-state index < -0.39 is 0 Å². The van der Waals surface area contributed by atoms with Crippen LogP contribution >= 0.6 is 0 Å². The number of hydrogen-bond donors (Lipinski definition) is 1. The number of hydrogen-bond acceptors (Lipinski definition) is 2. The van der Waals surface area contributed by atoms with Gasteiger partial charge in [0.05, 0.1) is 6.10 Å². The fourth-order valence-corrected chi connectivity index (χ4v) is 5.74. The smallest absolute Gasteiger partial charge is 0.0580 e. The number of allylic oxidation sites excluding steroid dienone is 2. The standard InChI is InChI=1S/C16H25NO/c1-11-8-12-10-14(18)13-4-2-6-17-7-3-5-16(12,13)15(17)9-11/h9,11-14,18H,2-8,10H2,1H3. The van der Waals surface area contributed by atoms with Crippen LogP contribution in [0, 0.1) is 23.2 Å². The minimum absolute atomic E-state index is 0.0262. The second-order valence-electron chi connectivity index (χ2n) is 7.14. The molecule has 0 radical (unpaired) electrons. The lowest BCUT2D eigenvalue weighted by molar-refractivity contribution is 0.0412. The molecule has 2 saturated heterocycles. The summed E-state index contributed by atoms with van der Waals surface area (Å²) in [5, 5.41) is 10.5. The highest BCUT2D eigenvalue weighted by Crippen LogP contribution is 2.64. The number of rotatable bonds is 0. The summed E-state index contributed by atoms with van der Waals surface area (Å²) >= 11 is 0. The predicted molar refractivity (Wildman–Crippen MR) is 71.9 cm³/mol. The second-order valence-corrected chi connectivity index (χ2v) is 7.14. The van der Waals surface area contributed by atoms with Crippen LogP contribution in [0.25, 0.3) is 0 Å². The van der Waals surface area contributed by atoms with Crippen LogP contribution in [-0.2, 0) is 0 Å². The summed E-state index contributed by atoms with van der Waals surface area (Å²) in [6, 6.07) is 0. The highest BCUT2D eigenvalue weighted by Gasteiger charge is 2.60. The van der Waals surface area contributed by atoms with E-state index in [1.54, 1.807) is 5.70 Å². The van der Waals surface area contributed by atoms with Gasteiger partial charge in [0.2, 0.25) is 0 Å². The van der Waals surface area contributed by atoms with Crippen molar-refractivity contribution in [3.05, 3.63) is 11.8 Å². The molecule has 4 rings (SSSR count). The van der Waals surface area contributed by atoms with Crippen LogP contribution in [0.4, 0.5) is 0 Å². The fourth-order valence-electron chi connectivity index (χ4n) is 5.74. The first-order valence-electron chi connectivity index (χ1n) is 7.87. The molecule has 5 unspecified atom stereocenters. The number of aliphatic hydroxyl groups is 1. The monoisotopic (exact) mass is 247 g/mol. The van der Waals surface area contributed by atoms with Gasteiger partial charge < -0.3 is 10.0 Å². The molecule has 0 aromatic carbocycles. The maximum Gasteiger partial charge on any atom is 0.0580 e. The molecule has 2 aliphatic heterocycles. The topological polar surface area (TPSA) is 23.5 Å². The summed E-state index contributed by atoms with van der Waals surface area (Å²) in [6.07, 6.45) is 10.1. The van der Waals surface area contributed by atoms with Gasteiger partial charge in [0.25, 0.3) is 0 Å². The molecule has 1 spiro atoms. The van der Waals surface area contributed by atoms with Crippen molar-refractivity contribution in [3.63, 3.8) is 0 Å². The number of nitrogens with zero attached hydrogens (tertiary/aromatic N) is 1. The largest absolute Gasteiger partial charge is 0.393 e. The van der Waals surface area contributed by atoms with Gasteiger partial charge in [0.1, 0.15) is 0 Å². The Bertz CT molecular complexity index is 391. The minimum Gasteiger partial charge on any atom is -0.393 e. The summed E-state index contributed by atoms with van der Waals surface area (Å²) in [5.41, 5.74) is 2.03.